The lowest BCUT2D eigenvalue weighted by atomic mass is 9.77. The molecule has 0 saturated heterocycles. The first-order valence-corrected chi connectivity index (χ1v) is 13.8. The van der Waals surface area contributed by atoms with Crippen molar-refractivity contribution in [2.75, 3.05) is 5.32 Å². The Morgan fingerprint density at radius 1 is 1.28 bits per heavy atom. The van der Waals surface area contributed by atoms with E-state index in [1.165, 1.54) is 12.1 Å². The largest absolute Gasteiger partial charge is 0.511 e. The maximum Gasteiger partial charge on any atom is 0.287 e. The van der Waals surface area contributed by atoms with Crippen molar-refractivity contribution in [3.05, 3.63) is 68.4 Å². The predicted molar refractivity (Wildman–Crippen MR) is 130 cm³/mol. The van der Waals surface area contributed by atoms with Crippen LogP contribution in [0.15, 0.2) is 55.4 Å². The molecule has 4 unspecified atom stereocenters. The molecule has 2 aliphatic carbocycles. The predicted octanol–water partition coefficient (Wildman–Crippen LogP) is 4.48. The summed E-state index contributed by atoms with van der Waals surface area (Å²) in [4.78, 5) is 18.1. The van der Waals surface area contributed by atoms with Gasteiger partial charge in [-0.15, -0.1) is 15.7 Å². The van der Waals surface area contributed by atoms with Gasteiger partial charge in [0.05, 0.1) is 6.54 Å². The van der Waals surface area contributed by atoms with Crippen molar-refractivity contribution in [1.29, 1.82) is 0 Å². The van der Waals surface area contributed by atoms with Gasteiger partial charge in [-0.2, -0.15) is 8.42 Å². The summed E-state index contributed by atoms with van der Waals surface area (Å²) in [6.07, 6.45) is 2.77. The lowest BCUT2D eigenvalue weighted by molar-refractivity contribution is -0.134. The van der Waals surface area contributed by atoms with Gasteiger partial charge in [-0.3, -0.25) is 4.79 Å². The number of anilines is 1. The van der Waals surface area contributed by atoms with Crippen LogP contribution in [-0.2, 0) is 27.9 Å². The third-order valence-electron chi connectivity index (χ3n) is 7.60. The van der Waals surface area contributed by atoms with Gasteiger partial charge in [-0.25, -0.2) is 4.39 Å². The van der Waals surface area contributed by atoms with E-state index >= 15 is 0 Å². The minimum Gasteiger partial charge on any atom is -0.511 e. The lowest BCUT2D eigenvalue weighted by Gasteiger charge is -2.44. The first-order valence-electron chi connectivity index (χ1n) is 11.5. The Morgan fingerprint density at radius 3 is 2.78 bits per heavy atom. The number of rotatable bonds is 5. The first-order chi connectivity index (χ1) is 17.3. The van der Waals surface area contributed by atoms with Gasteiger partial charge in [0.25, 0.3) is 15.9 Å². The van der Waals surface area contributed by atoms with E-state index in [0.717, 1.165) is 36.2 Å². The standard InChI is InChI=1S/C23H21FN6O4S2/c24-15-5-1-11(2-6-15)9-30-18-13-4-3-12(7-13)16(18)19(31)17(23(30)32)21-27-22-20(36(33,34)28-21)14(10-35-22)8-26-29-25/h1-2,5-6,10,12-13,16,18,31H,3-4,7-9H2,(H,27,28). The summed E-state index contributed by atoms with van der Waals surface area (Å²) in [5.41, 5.74) is 9.51. The number of aliphatic hydroxyl groups excluding tert-OH is 1. The fourth-order valence-corrected chi connectivity index (χ4v) is 8.80. The fraction of sp³-hybridized carbons (Fsp3) is 0.391. The summed E-state index contributed by atoms with van der Waals surface area (Å²) in [5.74, 6) is -1.11. The highest BCUT2D eigenvalue weighted by Crippen LogP contribution is 2.55. The smallest absolute Gasteiger partial charge is 0.287 e. The van der Waals surface area contributed by atoms with Gasteiger partial charge in [0.1, 0.15) is 27.0 Å². The summed E-state index contributed by atoms with van der Waals surface area (Å²) >= 11 is 1.09. The summed E-state index contributed by atoms with van der Waals surface area (Å²) in [7, 11) is -4.22. The van der Waals surface area contributed by atoms with Crippen LogP contribution in [0.2, 0.25) is 0 Å². The van der Waals surface area contributed by atoms with Gasteiger partial charge in [0.2, 0.25) is 0 Å². The first kappa shape index (κ1) is 23.0. The number of amides is 1. The average Bonchev–Trinajstić information content (AvgIpc) is 3.56. The van der Waals surface area contributed by atoms with Gasteiger partial charge >= 0.3 is 0 Å². The molecule has 10 nitrogen and oxygen atoms in total. The van der Waals surface area contributed by atoms with Crippen LogP contribution >= 0.6 is 11.3 Å². The highest BCUT2D eigenvalue weighted by atomic mass is 32.2. The third kappa shape index (κ3) is 3.49. The molecule has 4 aliphatic rings. The lowest BCUT2D eigenvalue weighted by Crippen LogP contribution is -2.53. The Hall–Kier alpha value is -3.41. The van der Waals surface area contributed by atoms with Crippen LogP contribution in [0.4, 0.5) is 9.39 Å². The molecule has 6 rings (SSSR count). The SMILES string of the molecule is [N-]=[N+]=NCc1csc2c1S(=O)(=O)N=C(C1=C(O)C3C4CCC(C4)C3N(Cc3ccc(F)cc3)C1=O)N2. The minimum atomic E-state index is -4.22. The second-order valence-electron chi connectivity index (χ2n) is 9.52. The third-order valence-corrected chi connectivity index (χ3v) is 10.1. The number of nitrogens with zero attached hydrogens (tertiary/aromatic N) is 5. The van der Waals surface area contributed by atoms with E-state index < -0.39 is 15.9 Å². The van der Waals surface area contributed by atoms with Crippen LogP contribution in [0.25, 0.3) is 10.4 Å². The van der Waals surface area contributed by atoms with E-state index in [9.17, 15) is 22.7 Å². The molecule has 0 spiro atoms. The number of sulfonamides is 1. The molecule has 36 heavy (non-hydrogen) atoms. The number of halogens is 1. The molecule has 2 bridgehead atoms. The van der Waals surface area contributed by atoms with Crippen molar-refractivity contribution in [3.8, 4) is 0 Å². The van der Waals surface area contributed by atoms with Crippen molar-refractivity contribution >= 4 is 38.1 Å². The zero-order valence-electron chi connectivity index (χ0n) is 18.8. The minimum absolute atomic E-state index is 0.0898. The number of carbonyl (C=O) groups is 1. The Bertz CT molecular complexity index is 1490. The molecule has 2 aromatic rings. The number of hydrogen-bond acceptors (Lipinski definition) is 7. The van der Waals surface area contributed by atoms with E-state index in [4.69, 9.17) is 5.53 Å². The van der Waals surface area contributed by atoms with Crippen molar-refractivity contribution in [3.63, 3.8) is 0 Å². The fourth-order valence-electron chi connectivity index (χ4n) is 6.21. The van der Waals surface area contributed by atoms with Crippen molar-refractivity contribution in [2.45, 2.75) is 43.3 Å². The normalized spacial score (nSPS) is 27.8. The topological polar surface area (TPSA) is 148 Å². The molecule has 2 fully saturated rings. The van der Waals surface area contributed by atoms with Crippen LogP contribution in [0.3, 0.4) is 0 Å². The van der Waals surface area contributed by atoms with Gasteiger partial charge in [0.15, 0.2) is 5.84 Å². The highest BCUT2D eigenvalue weighted by molar-refractivity contribution is 7.90. The molecule has 4 atom stereocenters. The molecular formula is C23H21FN6O4S2. The molecule has 0 radical (unpaired) electrons. The van der Waals surface area contributed by atoms with Crippen LogP contribution in [0.5, 0.6) is 0 Å². The summed E-state index contributed by atoms with van der Waals surface area (Å²) in [6, 6.07) is 5.70. The molecule has 3 heterocycles. The second kappa shape index (κ2) is 8.32. The molecule has 2 saturated carbocycles. The number of benzene rings is 1. The Balaban J connectivity index is 1.42. The number of nitrogens with one attached hydrogen (secondary N) is 1. The van der Waals surface area contributed by atoms with E-state index in [1.807, 2.05) is 0 Å². The van der Waals surface area contributed by atoms with E-state index in [-0.39, 0.29) is 69.8 Å². The molecule has 186 valence electrons. The van der Waals surface area contributed by atoms with Crippen molar-refractivity contribution in [2.24, 2.45) is 27.3 Å². The number of aliphatic hydroxyl groups is 1. The summed E-state index contributed by atoms with van der Waals surface area (Å²) < 4.78 is 43.6. The maximum atomic E-state index is 13.9. The number of hydrogen-bond donors (Lipinski definition) is 2. The van der Waals surface area contributed by atoms with E-state index in [2.05, 4.69) is 19.7 Å². The second-order valence-corrected chi connectivity index (χ2v) is 11.9. The van der Waals surface area contributed by atoms with E-state index in [1.54, 1.807) is 22.4 Å². The number of carbonyl (C=O) groups excluding carboxylic acids is 1. The zero-order chi connectivity index (χ0) is 25.2. The van der Waals surface area contributed by atoms with Crippen molar-refractivity contribution in [1.82, 2.24) is 4.90 Å². The number of azide groups is 1. The molecule has 1 aromatic heterocycles. The number of fused-ring (bicyclic) bond motifs is 6. The van der Waals surface area contributed by atoms with Crippen LogP contribution in [0.1, 0.15) is 30.4 Å². The van der Waals surface area contributed by atoms with Crippen LogP contribution < -0.4 is 5.32 Å². The maximum absolute atomic E-state index is 13.9. The molecular weight excluding hydrogens is 507 g/mol. The van der Waals surface area contributed by atoms with Crippen molar-refractivity contribution < 1.29 is 22.7 Å². The molecule has 2 N–H and O–H groups in total. The monoisotopic (exact) mass is 528 g/mol. The average molecular weight is 529 g/mol. The summed E-state index contributed by atoms with van der Waals surface area (Å²) in [5, 5.41) is 19.5. The molecule has 2 aliphatic heterocycles. The van der Waals surface area contributed by atoms with Crippen LogP contribution in [0, 0.1) is 23.6 Å². The molecule has 1 aromatic carbocycles. The van der Waals surface area contributed by atoms with Gasteiger partial charge in [-0.05, 0) is 65.3 Å². The quantitative estimate of drug-likeness (QED) is 0.334. The Morgan fingerprint density at radius 2 is 2.03 bits per heavy atom. The summed E-state index contributed by atoms with van der Waals surface area (Å²) in [6.45, 7) is 0.0557. The number of amidine groups is 1. The molecule has 13 heteroatoms. The number of thiophene rings is 1. The Labute approximate surface area is 209 Å². The van der Waals surface area contributed by atoms with Gasteiger partial charge in [-0.1, -0.05) is 17.2 Å². The zero-order valence-corrected chi connectivity index (χ0v) is 20.5. The van der Waals surface area contributed by atoms with Gasteiger partial charge < -0.3 is 15.3 Å². The van der Waals surface area contributed by atoms with Crippen LogP contribution in [-0.4, -0.2) is 36.2 Å². The highest BCUT2D eigenvalue weighted by Gasteiger charge is 2.57. The van der Waals surface area contributed by atoms with Gasteiger partial charge in [0, 0.05) is 23.4 Å². The molecule has 1 amide bonds. The Kier molecular flexibility index (Phi) is 5.32. The van der Waals surface area contributed by atoms with E-state index in [0.29, 0.717) is 5.56 Å².